The number of hydrogen-bond donors (Lipinski definition) is 3. The fourth-order valence-corrected chi connectivity index (χ4v) is 2.65. The third-order valence-electron chi connectivity index (χ3n) is 3.80. The summed E-state index contributed by atoms with van der Waals surface area (Å²) in [6.45, 7) is 0.329. The molecule has 1 fully saturated rings. The maximum absolute atomic E-state index is 11.2. The van der Waals surface area contributed by atoms with Crippen LogP contribution in [0, 0.1) is 0 Å². The molecule has 1 aromatic carbocycles. The predicted molar refractivity (Wildman–Crippen MR) is 86.6 cm³/mol. The largest absolute Gasteiger partial charge is 0.495 e. The van der Waals surface area contributed by atoms with E-state index in [9.17, 15) is 9.59 Å². The van der Waals surface area contributed by atoms with Gasteiger partial charge in [-0.15, -0.1) is 0 Å². The molecule has 8 nitrogen and oxygen atoms in total. The van der Waals surface area contributed by atoms with Crippen molar-refractivity contribution in [2.75, 3.05) is 19.0 Å². The maximum Gasteiger partial charge on any atom is 0.409 e. The molecule has 1 aliphatic heterocycles. The number of pyridine rings is 1. The average Bonchev–Trinajstić information content (AvgIpc) is 2.97. The SMILES string of the molecule is COc1cc2c(OC[C@@H]3CCC(=O)N3)nccc2cc1NC(=O)O. The van der Waals surface area contributed by atoms with E-state index in [1.54, 1.807) is 24.4 Å². The number of aromatic nitrogens is 1. The van der Waals surface area contributed by atoms with Crippen molar-refractivity contribution in [1.29, 1.82) is 0 Å². The number of amides is 2. The second kappa shape index (κ2) is 6.61. The van der Waals surface area contributed by atoms with E-state index in [4.69, 9.17) is 14.6 Å². The Balaban J connectivity index is 1.88. The molecule has 2 amide bonds. The first kappa shape index (κ1) is 15.9. The average molecular weight is 331 g/mol. The van der Waals surface area contributed by atoms with Crippen LogP contribution in [-0.4, -0.2) is 41.8 Å². The Morgan fingerprint density at radius 3 is 3.00 bits per heavy atom. The third-order valence-corrected chi connectivity index (χ3v) is 3.80. The molecule has 0 unspecified atom stereocenters. The molecule has 24 heavy (non-hydrogen) atoms. The highest BCUT2D eigenvalue weighted by Crippen LogP contribution is 2.34. The number of hydrogen-bond acceptors (Lipinski definition) is 5. The van der Waals surface area contributed by atoms with Gasteiger partial charge in [0.2, 0.25) is 11.8 Å². The van der Waals surface area contributed by atoms with E-state index in [-0.39, 0.29) is 11.9 Å². The number of ether oxygens (including phenoxy) is 2. The molecule has 3 N–H and O–H groups in total. The number of nitrogens with one attached hydrogen (secondary N) is 2. The van der Waals surface area contributed by atoms with Crippen LogP contribution < -0.4 is 20.1 Å². The van der Waals surface area contributed by atoms with Crippen LogP contribution in [0.2, 0.25) is 0 Å². The van der Waals surface area contributed by atoms with E-state index in [1.165, 1.54) is 7.11 Å². The smallest absolute Gasteiger partial charge is 0.409 e. The lowest BCUT2D eigenvalue weighted by Gasteiger charge is -2.14. The summed E-state index contributed by atoms with van der Waals surface area (Å²) < 4.78 is 11.0. The van der Waals surface area contributed by atoms with Crippen LogP contribution in [0.15, 0.2) is 24.4 Å². The van der Waals surface area contributed by atoms with Crippen molar-refractivity contribution < 1.29 is 24.2 Å². The number of nitrogens with zero attached hydrogens (tertiary/aromatic N) is 1. The zero-order chi connectivity index (χ0) is 17.1. The lowest BCUT2D eigenvalue weighted by Crippen LogP contribution is -2.31. The summed E-state index contributed by atoms with van der Waals surface area (Å²) in [5, 5.41) is 15.5. The predicted octanol–water partition coefficient (Wildman–Crippen LogP) is 1.99. The van der Waals surface area contributed by atoms with Gasteiger partial charge in [0, 0.05) is 18.0 Å². The van der Waals surface area contributed by atoms with Gasteiger partial charge in [0.25, 0.3) is 0 Å². The number of fused-ring (bicyclic) bond motifs is 1. The quantitative estimate of drug-likeness (QED) is 0.773. The minimum Gasteiger partial charge on any atom is -0.495 e. The number of methoxy groups -OCH3 is 1. The molecule has 1 aromatic heterocycles. The van der Waals surface area contributed by atoms with Crippen molar-refractivity contribution in [2.45, 2.75) is 18.9 Å². The molecule has 0 spiro atoms. The van der Waals surface area contributed by atoms with E-state index < -0.39 is 6.09 Å². The molecular weight excluding hydrogens is 314 g/mol. The molecule has 2 heterocycles. The van der Waals surface area contributed by atoms with Gasteiger partial charge >= 0.3 is 6.09 Å². The van der Waals surface area contributed by atoms with E-state index >= 15 is 0 Å². The zero-order valence-corrected chi connectivity index (χ0v) is 13.0. The van der Waals surface area contributed by atoms with Gasteiger partial charge in [0.1, 0.15) is 12.4 Å². The Morgan fingerprint density at radius 2 is 2.33 bits per heavy atom. The lowest BCUT2D eigenvalue weighted by atomic mass is 10.1. The summed E-state index contributed by atoms with van der Waals surface area (Å²) in [6, 6.07) is 5.07. The second-order valence-electron chi connectivity index (χ2n) is 5.43. The van der Waals surface area contributed by atoms with Crippen molar-refractivity contribution in [3.05, 3.63) is 24.4 Å². The molecule has 1 atom stereocenters. The number of anilines is 1. The first-order valence-corrected chi connectivity index (χ1v) is 7.45. The van der Waals surface area contributed by atoms with Crippen LogP contribution in [0.3, 0.4) is 0 Å². The standard InChI is InChI=1S/C16H17N3O5/c1-23-13-7-11-9(6-12(13)19-16(21)22)4-5-17-15(11)24-8-10-2-3-14(20)18-10/h4-7,10,19H,2-3,8H2,1H3,(H,18,20)(H,21,22)/t10-/m0/s1. The fourth-order valence-electron chi connectivity index (χ4n) is 2.65. The lowest BCUT2D eigenvalue weighted by molar-refractivity contribution is -0.119. The maximum atomic E-state index is 11.2. The van der Waals surface area contributed by atoms with E-state index in [2.05, 4.69) is 15.6 Å². The number of benzene rings is 1. The molecule has 0 saturated carbocycles. The number of carboxylic acid groups (broad SMARTS) is 1. The first-order valence-electron chi connectivity index (χ1n) is 7.45. The van der Waals surface area contributed by atoms with Crippen LogP contribution in [0.1, 0.15) is 12.8 Å². The minimum atomic E-state index is -1.17. The van der Waals surface area contributed by atoms with Gasteiger partial charge in [-0.3, -0.25) is 10.1 Å². The minimum absolute atomic E-state index is 0.0237. The molecular formula is C16H17N3O5. The summed E-state index contributed by atoms with van der Waals surface area (Å²) in [7, 11) is 1.46. The fraction of sp³-hybridized carbons (Fsp3) is 0.312. The highest BCUT2D eigenvalue weighted by Gasteiger charge is 2.21. The van der Waals surface area contributed by atoms with Gasteiger partial charge in [0.15, 0.2) is 0 Å². The molecule has 0 radical (unpaired) electrons. The molecule has 0 aliphatic carbocycles. The molecule has 1 saturated heterocycles. The Hall–Kier alpha value is -3.03. The van der Waals surface area contributed by atoms with Gasteiger partial charge in [-0.2, -0.15) is 0 Å². The van der Waals surface area contributed by atoms with Crippen molar-refractivity contribution in [3.63, 3.8) is 0 Å². The van der Waals surface area contributed by atoms with Crippen molar-refractivity contribution >= 4 is 28.5 Å². The first-order chi connectivity index (χ1) is 11.6. The molecule has 1 aliphatic rings. The molecule has 0 bridgehead atoms. The summed E-state index contributed by atoms with van der Waals surface area (Å²) in [4.78, 5) is 26.3. The van der Waals surface area contributed by atoms with Gasteiger partial charge in [-0.05, 0) is 30.0 Å². The highest BCUT2D eigenvalue weighted by atomic mass is 16.5. The summed E-state index contributed by atoms with van der Waals surface area (Å²) >= 11 is 0. The Labute approximate surface area is 137 Å². The molecule has 3 rings (SSSR count). The van der Waals surface area contributed by atoms with Crippen LogP contribution in [0.4, 0.5) is 10.5 Å². The van der Waals surface area contributed by atoms with Gasteiger partial charge in [0.05, 0.1) is 18.8 Å². The normalized spacial score (nSPS) is 16.7. The monoisotopic (exact) mass is 331 g/mol. The van der Waals surface area contributed by atoms with Gasteiger partial charge < -0.3 is 19.9 Å². The Kier molecular flexibility index (Phi) is 4.37. The summed E-state index contributed by atoms with van der Waals surface area (Å²) in [5.41, 5.74) is 0.345. The van der Waals surface area contributed by atoms with Gasteiger partial charge in [-0.1, -0.05) is 0 Å². The second-order valence-corrected chi connectivity index (χ2v) is 5.43. The van der Waals surface area contributed by atoms with E-state index in [0.717, 1.165) is 11.8 Å². The number of carbonyl (C=O) groups excluding carboxylic acids is 1. The van der Waals surface area contributed by atoms with Crippen LogP contribution in [0.5, 0.6) is 11.6 Å². The number of carbonyl (C=O) groups is 2. The molecule has 8 heteroatoms. The van der Waals surface area contributed by atoms with Crippen molar-refractivity contribution in [1.82, 2.24) is 10.3 Å². The Bertz CT molecular complexity index is 793. The van der Waals surface area contributed by atoms with Crippen LogP contribution >= 0.6 is 0 Å². The van der Waals surface area contributed by atoms with Crippen LogP contribution in [-0.2, 0) is 4.79 Å². The van der Waals surface area contributed by atoms with Crippen LogP contribution in [0.25, 0.3) is 10.8 Å². The van der Waals surface area contributed by atoms with E-state index in [0.29, 0.717) is 35.7 Å². The molecule has 126 valence electrons. The summed E-state index contributed by atoms with van der Waals surface area (Å²) in [6.07, 6.45) is 1.66. The zero-order valence-electron chi connectivity index (χ0n) is 13.0. The number of rotatable bonds is 5. The highest BCUT2D eigenvalue weighted by molar-refractivity contribution is 5.95. The Morgan fingerprint density at radius 1 is 1.50 bits per heavy atom. The van der Waals surface area contributed by atoms with Crippen molar-refractivity contribution in [2.24, 2.45) is 0 Å². The summed E-state index contributed by atoms with van der Waals surface area (Å²) in [5.74, 6) is 0.811. The van der Waals surface area contributed by atoms with Crippen molar-refractivity contribution in [3.8, 4) is 11.6 Å². The van der Waals surface area contributed by atoms with E-state index in [1.807, 2.05) is 0 Å². The topological polar surface area (TPSA) is 110 Å². The van der Waals surface area contributed by atoms with Gasteiger partial charge in [-0.25, -0.2) is 9.78 Å². The molecule has 2 aromatic rings. The third kappa shape index (κ3) is 3.32.